The third-order valence-electron chi connectivity index (χ3n) is 10.9. The Morgan fingerprint density at radius 2 is 0.939 bits per heavy atom. The molecule has 0 aliphatic carbocycles. The lowest BCUT2D eigenvalue weighted by Gasteiger charge is -1.90. The maximum atomic E-state index is 5.45. The van der Waals surface area contributed by atoms with Crippen LogP contribution in [0.1, 0.15) is 66.8 Å². The maximum absolute atomic E-state index is 5.45. The Hall–Kier alpha value is -7.16. The van der Waals surface area contributed by atoms with E-state index in [2.05, 4.69) is 149 Å². The van der Waals surface area contributed by atoms with E-state index in [-0.39, 0.29) is 0 Å². The van der Waals surface area contributed by atoms with Gasteiger partial charge >= 0.3 is 0 Å². The first-order valence-electron chi connectivity index (χ1n) is 22.1. The molecular weight excluding hydrogens is 837 g/mol. The maximum Gasteiger partial charge on any atom is 0.167 e. The van der Waals surface area contributed by atoms with Crippen LogP contribution in [0.15, 0.2) is 156 Å². The van der Waals surface area contributed by atoms with Gasteiger partial charge in [0.05, 0.1) is 12.0 Å². The fraction of sp³-hybridized carbons (Fsp3) is 0.207. The summed E-state index contributed by atoms with van der Waals surface area (Å²) in [6.45, 7) is 24.4. The Morgan fingerprint density at radius 3 is 1.67 bits per heavy atom. The molecule has 0 radical (unpaired) electrons. The lowest BCUT2D eigenvalue weighted by atomic mass is 10.1. The minimum atomic E-state index is 0.877. The number of thiophene rings is 1. The number of hydrogen-bond donors (Lipinski definition) is 0. The predicted molar refractivity (Wildman–Crippen MR) is 275 cm³/mol. The van der Waals surface area contributed by atoms with Crippen LogP contribution in [-0.4, -0.2) is 10.3 Å². The molecule has 0 N–H and O–H groups in total. The van der Waals surface area contributed by atoms with Crippen LogP contribution in [0.4, 0.5) is 0 Å². The highest BCUT2D eigenvalue weighted by molar-refractivity contribution is 7.19. The molecule has 12 rings (SSSR count). The second kappa shape index (κ2) is 20.8. The van der Waals surface area contributed by atoms with Gasteiger partial charge in [0.1, 0.15) is 39.5 Å². The molecule has 6 aromatic carbocycles. The number of fused-ring (bicyclic) bond motifs is 6. The largest absolute Gasteiger partial charge is 0.464 e. The van der Waals surface area contributed by atoms with Crippen molar-refractivity contribution < 1.29 is 22.3 Å². The molecule has 0 amide bonds. The number of aryl methyl sites for hydroxylation is 12. The normalized spacial score (nSPS) is 10.7. The van der Waals surface area contributed by atoms with Crippen molar-refractivity contribution in [3.05, 3.63) is 200 Å². The van der Waals surface area contributed by atoms with E-state index in [9.17, 15) is 0 Å². The second-order valence-electron chi connectivity index (χ2n) is 17.1. The Morgan fingerprint density at radius 1 is 0.394 bits per heavy atom. The van der Waals surface area contributed by atoms with Crippen LogP contribution in [0, 0.1) is 83.1 Å². The lowest BCUT2D eigenvalue weighted by Crippen LogP contribution is -1.71. The van der Waals surface area contributed by atoms with Crippen molar-refractivity contribution in [1.29, 1.82) is 0 Å². The summed E-state index contributed by atoms with van der Waals surface area (Å²) < 4.78 is 27.7. The highest BCUT2D eigenvalue weighted by Gasteiger charge is 2.04. The number of nitrogens with zero attached hydrogens (tertiary/aromatic N) is 2. The molecule has 336 valence electrons. The van der Waals surface area contributed by atoms with Crippen molar-refractivity contribution in [2.24, 2.45) is 0 Å². The Labute approximate surface area is 390 Å². The zero-order valence-electron chi connectivity index (χ0n) is 40.0. The molecule has 6 heterocycles. The molecule has 0 fully saturated rings. The number of aromatic nitrogens is 2. The van der Waals surface area contributed by atoms with Gasteiger partial charge in [-0.05, 0) is 195 Å². The van der Waals surface area contributed by atoms with E-state index in [1.165, 1.54) is 70.1 Å². The summed E-state index contributed by atoms with van der Waals surface area (Å²) in [7, 11) is 0. The minimum absolute atomic E-state index is 0.877. The fourth-order valence-electron chi connectivity index (χ4n) is 7.46. The molecule has 0 unspecified atom stereocenters. The average molecular weight is 895 g/mol. The van der Waals surface area contributed by atoms with Crippen molar-refractivity contribution in [1.82, 2.24) is 10.3 Å². The minimum Gasteiger partial charge on any atom is -0.464 e. The van der Waals surface area contributed by atoms with Gasteiger partial charge in [-0.25, -0.2) is 0 Å². The van der Waals surface area contributed by atoms with Gasteiger partial charge in [-0.3, -0.25) is 0 Å². The first kappa shape index (κ1) is 46.8. The van der Waals surface area contributed by atoms with Crippen LogP contribution in [0.5, 0.6) is 0 Å². The van der Waals surface area contributed by atoms with Gasteiger partial charge in [0.2, 0.25) is 0 Å². The summed E-state index contributed by atoms with van der Waals surface area (Å²) in [5.74, 6) is 2.84. The summed E-state index contributed by atoms with van der Waals surface area (Å²) in [4.78, 5) is 1.39. The van der Waals surface area contributed by atoms with Gasteiger partial charge in [-0.15, -0.1) is 11.3 Å². The fourth-order valence-corrected chi connectivity index (χ4v) is 8.48. The molecular formula is C58H58N2O5S. The molecule has 66 heavy (non-hydrogen) atoms. The molecule has 12 aromatic rings. The summed E-state index contributed by atoms with van der Waals surface area (Å²) in [5.41, 5.74) is 14.5. The molecule has 8 heteroatoms. The summed E-state index contributed by atoms with van der Waals surface area (Å²) in [5, 5.41) is 15.0. The van der Waals surface area contributed by atoms with E-state index in [1.807, 2.05) is 83.2 Å². The molecule has 0 atom stereocenters. The highest BCUT2D eigenvalue weighted by Crippen LogP contribution is 2.26. The molecule has 7 nitrogen and oxygen atoms in total. The SMILES string of the molecule is Cc1ccc2c(C)coc2c1.Cc1ccc2c(C)noc2c1.Cc1ccc2c(C)onc2c1.Cc1ccc2cc(C)oc2c1.Cc1ccc2cc(C)sc2c1.Cc1ccc2oc(C)cc2c1. The Balaban J connectivity index is 0.000000118. The number of furan rings is 3. The van der Waals surface area contributed by atoms with Gasteiger partial charge in [-0.1, -0.05) is 70.5 Å². The molecule has 0 bridgehead atoms. The van der Waals surface area contributed by atoms with E-state index in [1.54, 1.807) is 6.26 Å². The van der Waals surface area contributed by atoms with Crippen molar-refractivity contribution in [3.63, 3.8) is 0 Å². The molecule has 0 spiro atoms. The second-order valence-corrected chi connectivity index (χ2v) is 18.4. The smallest absolute Gasteiger partial charge is 0.167 e. The summed E-state index contributed by atoms with van der Waals surface area (Å²) in [6, 6.07) is 43.9. The molecule has 0 saturated carbocycles. The predicted octanol–water partition coefficient (Wildman–Crippen LogP) is 17.6. The topological polar surface area (TPSA) is 91.5 Å². The lowest BCUT2D eigenvalue weighted by molar-refractivity contribution is 0.405. The van der Waals surface area contributed by atoms with Gasteiger partial charge in [0, 0.05) is 36.5 Å². The van der Waals surface area contributed by atoms with Gasteiger partial charge < -0.3 is 22.3 Å². The molecule has 0 saturated heterocycles. The Bertz CT molecular complexity index is 3140. The van der Waals surface area contributed by atoms with Crippen molar-refractivity contribution in [2.75, 3.05) is 0 Å². The molecule has 0 aliphatic heterocycles. The molecule has 6 aromatic heterocycles. The van der Waals surface area contributed by atoms with E-state index in [0.717, 1.165) is 61.6 Å². The van der Waals surface area contributed by atoms with E-state index < -0.39 is 0 Å². The quantitative estimate of drug-likeness (QED) is 0.150. The van der Waals surface area contributed by atoms with Crippen LogP contribution in [-0.2, 0) is 0 Å². The monoisotopic (exact) mass is 894 g/mol. The number of benzene rings is 6. The zero-order chi connectivity index (χ0) is 47.1. The van der Waals surface area contributed by atoms with Crippen LogP contribution >= 0.6 is 11.3 Å². The van der Waals surface area contributed by atoms with E-state index in [4.69, 9.17) is 22.3 Å². The third-order valence-corrected chi connectivity index (χ3v) is 12.0. The first-order chi connectivity index (χ1) is 31.6. The average Bonchev–Trinajstić information content (AvgIpc) is 4.14. The van der Waals surface area contributed by atoms with Crippen LogP contribution in [0.3, 0.4) is 0 Å². The van der Waals surface area contributed by atoms with Gasteiger partial charge in [-0.2, -0.15) is 0 Å². The van der Waals surface area contributed by atoms with Crippen molar-refractivity contribution in [3.8, 4) is 0 Å². The highest BCUT2D eigenvalue weighted by atomic mass is 32.1. The third kappa shape index (κ3) is 11.9. The Kier molecular flexibility index (Phi) is 14.7. The van der Waals surface area contributed by atoms with Crippen LogP contribution in [0.2, 0.25) is 0 Å². The van der Waals surface area contributed by atoms with Gasteiger partial charge in [0.15, 0.2) is 5.58 Å². The van der Waals surface area contributed by atoms with Crippen molar-refractivity contribution in [2.45, 2.75) is 83.1 Å². The van der Waals surface area contributed by atoms with Gasteiger partial charge in [0.25, 0.3) is 0 Å². The zero-order valence-corrected chi connectivity index (χ0v) is 40.9. The van der Waals surface area contributed by atoms with Crippen molar-refractivity contribution >= 4 is 76.2 Å². The number of hydrogen-bond acceptors (Lipinski definition) is 8. The van der Waals surface area contributed by atoms with Crippen LogP contribution in [0.25, 0.3) is 64.9 Å². The summed E-state index contributed by atoms with van der Waals surface area (Å²) >= 11 is 1.87. The van der Waals surface area contributed by atoms with Crippen LogP contribution < -0.4 is 0 Å². The van der Waals surface area contributed by atoms with E-state index >= 15 is 0 Å². The summed E-state index contributed by atoms with van der Waals surface area (Å²) in [6.07, 6.45) is 1.80. The van der Waals surface area contributed by atoms with E-state index in [0.29, 0.717) is 0 Å². The molecule has 0 aliphatic rings. The first-order valence-corrected chi connectivity index (χ1v) is 22.9. The number of rotatable bonds is 0. The standard InChI is InChI=1S/3C10H10O.C10H10S.2C9H9NO/c1-7-3-4-10-9(5-7)6-8(2)11-10;1-7-3-4-9-8(2)6-11-10(9)5-7;2*1-7-3-4-9-6-8(2)11-10(9)5-7;1-6-3-4-8-7(2)11-10-9(8)5-6;1-6-3-4-8-7(2)10-11-9(8)5-6/h4*3-6H,1-2H3;2*3-5H,1-2H3.